The highest BCUT2D eigenvalue weighted by molar-refractivity contribution is 6.05. The van der Waals surface area contributed by atoms with Gasteiger partial charge in [-0.05, 0) is 24.3 Å². The van der Waals surface area contributed by atoms with Crippen LogP contribution in [-0.4, -0.2) is 34.3 Å². The molecule has 21 heavy (non-hydrogen) atoms. The molecule has 0 aromatic heterocycles. The summed E-state index contributed by atoms with van der Waals surface area (Å²) < 4.78 is 10.9. The fraction of sp³-hybridized carbons (Fsp3) is 0.188. The van der Waals surface area contributed by atoms with Crippen LogP contribution in [0.15, 0.2) is 59.8 Å². The van der Waals surface area contributed by atoms with Crippen molar-refractivity contribution >= 4 is 5.78 Å². The SMILES string of the molecule is COC1=C(O)C(O)C=C2[O+]=C(c3ccc(O)cc3)C=CC21. The Morgan fingerprint density at radius 2 is 1.86 bits per heavy atom. The van der Waals surface area contributed by atoms with Crippen LogP contribution in [0.3, 0.4) is 0 Å². The highest BCUT2D eigenvalue weighted by atomic mass is 16.5. The molecule has 2 unspecified atom stereocenters. The van der Waals surface area contributed by atoms with Gasteiger partial charge >= 0.3 is 11.5 Å². The molecule has 2 atom stereocenters. The first kappa shape index (κ1) is 13.5. The van der Waals surface area contributed by atoms with E-state index in [4.69, 9.17) is 9.16 Å². The third kappa shape index (κ3) is 2.32. The van der Waals surface area contributed by atoms with E-state index in [1.165, 1.54) is 13.2 Å². The summed E-state index contributed by atoms with van der Waals surface area (Å²) in [7, 11) is 1.44. The number of carbonyl (C=O) groups excluding carboxylic acids is 1. The van der Waals surface area contributed by atoms with Crippen LogP contribution in [-0.2, 0) is 4.74 Å². The summed E-state index contributed by atoms with van der Waals surface area (Å²) >= 11 is 0. The van der Waals surface area contributed by atoms with Crippen molar-refractivity contribution in [2.75, 3.05) is 7.11 Å². The zero-order chi connectivity index (χ0) is 15.0. The van der Waals surface area contributed by atoms with E-state index >= 15 is 0 Å². The average Bonchev–Trinajstić information content (AvgIpc) is 2.49. The molecule has 3 N–H and O–H groups in total. The molecule has 1 heterocycles. The predicted octanol–water partition coefficient (Wildman–Crippen LogP) is 1.97. The van der Waals surface area contributed by atoms with Crippen LogP contribution < -0.4 is 0 Å². The number of benzene rings is 1. The third-order valence-electron chi connectivity index (χ3n) is 3.48. The van der Waals surface area contributed by atoms with Gasteiger partial charge in [0.1, 0.15) is 11.9 Å². The quantitative estimate of drug-likeness (QED) is 0.726. The number of rotatable bonds is 2. The number of hydrogen-bond donors (Lipinski definition) is 3. The van der Waals surface area contributed by atoms with E-state index in [0.717, 1.165) is 5.56 Å². The molecule has 5 heteroatoms. The van der Waals surface area contributed by atoms with Crippen LogP contribution in [0.25, 0.3) is 0 Å². The van der Waals surface area contributed by atoms with Crippen molar-refractivity contribution in [1.82, 2.24) is 0 Å². The second kappa shape index (κ2) is 5.10. The molecule has 108 valence electrons. The molecule has 0 bridgehead atoms. The van der Waals surface area contributed by atoms with Gasteiger partial charge in [0.05, 0.1) is 18.7 Å². The molecule has 0 saturated heterocycles. The molecule has 2 aliphatic rings. The van der Waals surface area contributed by atoms with E-state index in [0.29, 0.717) is 11.5 Å². The summed E-state index contributed by atoms with van der Waals surface area (Å²) in [4.78, 5) is 0. The molecule has 1 aliphatic carbocycles. The van der Waals surface area contributed by atoms with Gasteiger partial charge in [0.15, 0.2) is 17.4 Å². The summed E-state index contributed by atoms with van der Waals surface area (Å²) in [5.74, 6) is 1.01. The van der Waals surface area contributed by atoms with Crippen molar-refractivity contribution in [3.63, 3.8) is 0 Å². The zero-order valence-corrected chi connectivity index (χ0v) is 11.4. The summed E-state index contributed by atoms with van der Waals surface area (Å²) in [6, 6.07) is 6.61. The van der Waals surface area contributed by atoms with E-state index in [2.05, 4.69) is 0 Å². The lowest BCUT2D eigenvalue weighted by atomic mass is 9.93. The number of aromatic hydroxyl groups is 1. The van der Waals surface area contributed by atoms with Gasteiger partial charge in [-0.1, -0.05) is 6.08 Å². The highest BCUT2D eigenvalue weighted by Gasteiger charge is 2.40. The van der Waals surface area contributed by atoms with Gasteiger partial charge < -0.3 is 20.1 Å². The Balaban J connectivity index is 1.98. The summed E-state index contributed by atoms with van der Waals surface area (Å²) in [5, 5.41) is 28.9. The van der Waals surface area contributed by atoms with Crippen LogP contribution in [0.4, 0.5) is 0 Å². The molecule has 0 radical (unpaired) electrons. The minimum absolute atomic E-state index is 0.179. The first-order valence-electron chi connectivity index (χ1n) is 6.49. The van der Waals surface area contributed by atoms with Crippen LogP contribution in [0.2, 0.25) is 0 Å². The highest BCUT2D eigenvalue weighted by Crippen LogP contribution is 2.34. The first-order chi connectivity index (χ1) is 10.1. The molecular weight excluding hydrogens is 272 g/mol. The van der Waals surface area contributed by atoms with E-state index in [9.17, 15) is 15.3 Å². The van der Waals surface area contributed by atoms with Gasteiger partial charge in [-0.25, -0.2) is 4.42 Å². The van der Waals surface area contributed by atoms with Crippen molar-refractivity contribution in [3.8, 4) is 5.75 Å². The number of aliphatic hydroxyl groups is 2. The second-order valence-corrected chi connectivity index (χ2v) is 4.82. The maximum absolute atomic E-state index is 9.83. The molecular formula is C16H15O5+. The second-order valence-electron chi connectivity index (χ2n) is 4.82. The molecule has 5 nitrogen and oxygen atoms in total. The Morgan fingerprint density at radius 3 is 2.52 bits per heavy atom. The lowest BCUT2D eigenvalue weighted by Crippen LogP contribution is -2.24. The van der Waals surface area contributed by atoms with Crippen molar-refractivity contribution in [2.24, 2.45) is 5.92 Å². The van der Waals surface area contributed by atoms with Crippen molar-refractivity contribution in [1.29, 1.82) is 0 Å². The number of ether oxygens (including phenoxy) is 1. The monoisotopic (exact) mass is 287 g/mol. The first-order valence-corrected chi connectivity index (χ1v) is 6.49. The minimum atomic E-state index is -1.14. The van der Waals surface area contributed by atoms with Gasteiger partial charge in [-0.3, -0.25) is 0 Å². The third-order valence-corrected chi connectivity index (χ3v) is 3.48. The van der Waals surface area contributed by atoms with Crippen LogP contribution >= 0.6 is 0 Å². The Morgan fingerprint density at radius 1 is 1.14 bits per heavy atom. The van der Waals surface area contributed by atoms with Gasteiger partial charge in [0.2, 0.25) is 0 Å². The molecule has 1 aromatic rings. The summed E-state index contributed by atoms with van der Waals surface area (Å²) in [6.45, 7) is 0. The lowest BCUT2D eigenvalue weighted by Gasteiger charge is -2.20. The number of hydrogen-bond acceptors (Lipinski definition) is 4. The van der Waals surface area contributed by atoms with Crippen molar-refractivity contribution < 1.29 is 24.5 Å². The minimum Gasteiger partial charge on any atom is -0.508 e. The largest absolute Gasteiger partial charge is 0.508 e. The number of phenols is 1. The van der Waals surface area contributed by atoms with Gasteiger partial charge in [-0.15, -0.1) is 0 Å². The Labute approximate surface area is 121 Å². The average molecular weight is 287 g/mol. The fourth-order valence-electron chi connectivity index (χ4n) is 2.41. The van der Waals surface area contributed by atoms with E-state index in [1.807, 2.05) is 6.08 Å². The van der Waals surface area contributed by atoms with Gasteiger partial charge in [0, 0.05) is 6.08 Å². The number of ketones is 1. The van der Waals surface area contributed by atoms with Gasteiger partial charge in [-0.2, -0.15) is 0 Å². The van der Waals surface area contributed by atoms with Gasteiger partial charge in [0.25, 0.3) is 0 Å². The van der Waals surface area contributed by atoms with Crippen LogP contribution in [0.1, 0.15) is 9.99 Å². The van der Waals surface area contributed by atoms with Crippen molar-refractivity contribution in [3.05, 3.63) is 65.3 Å². The standard InChI is InChI=1S/C16H14O5/c1-20-16-11-6-7-13(9-2-4-10(17)5-3-9)21-14(11)8-12(18)15(16)19/h2-8,11-12,18H,1H3,(H-,17,19)/p+1. The molecule has 0 fully saturated rings. The maximum Gasteiger partial charge on any atom is 0.359 e. The van der Waals surface area contributed by atoms with E-state index in [-0.39, 0.29) is 23.2 Å². The smallest absolute Gasteiger partial charge is 0.359 e. The van der Waals surface area contributed by atoms with Crippen molar-refractivity contribution in [2.45, 2.75) is 6.10 Å². The topological polar surface area (TPSA) is 81.2 Å². The summed E-state index contributed by atoms with van der Waals surface area (Å²) in [6.07, 6.45) is 3.92. The summed E-state index contributed by atoms with van der Waals surface area (Å²) in [5.41, 5.74) is 0.802. The molecule has 0 spiro atoms. The molecule has 1 aromatic carbocycles. The molecule has 0 saturated carbocycles. The normalized spacial score (nSPS) is 24.3. The molecule has 3 rings (SSSR count). The van der Waals surface area contributed by atoms with E-state index in [1.54, 1.807) is 30.3 Å². The zero-order valence-electron chi connectivity index (χ0n) is 11.4. The molecule has 0 amide bonds. The number of phenolic OH excluding ortho intramolecular Hbond substituents is 1. The Bertz CT molecular complexity index is 679. The Hall–Kier alpha value is -2.53. The number of aliphatic hydroxyl groups excluding tert-OH is 2. The van der Waals surface area contributed by atoms with Crippen LogP contribution in [0.5, 0.6) is 5.75 Å². The molecule has 1 aliphatic heterocycles. The number of methoxy groups -OCH3 is 1. The fourth-order valence-corrected chi connectivity index (χ4v) is 2.41. The maximum atomic E-state index is 9.83. The Kier molecular flexibility index (Phi) is 3.27. The van der Waals surface area contributed by atoms with Crippen LogP contribution in [0, 0.1) is 5.92 Å². The lowest BCUT2D eigenvalue weighted by molar-refractivity contribution is -0.217. The van der Waals surface area contributed by atoms with E-state index < -0.39 is 6.10 Å². The number of allylic oxidation sites excluding steroid dienone is 1. The number of fused-ring (bicyclic) bond motifs is 1. The predicted molar refractivity (Wildman–Crippen MR) is 75.8 cm³/mol.